The van der Waals surface area contributed by atoms with Gasteiger partial charge in [-0.2, -0.15) is 11.8 Å². The molecule has 1 atom stereocenters. The summed E-state index contributed by atoms with van der Waals surface area (Å²) in [6, 6.07) is -0.734. The summed E-state index contributed by atoms with van der Waals surface area (Å²) in [6.07, 6.45) is 5.67. The number of rotatable bonds is 9. The Morgan fingerprint density at radius 3 is 2.81 bits per heavy atom. The first-order valence-electron chi connectivity index (χ1n) is 6.61. The standard InChI is InChI=1S/C12H22N4O3S2/c1-4-21(18,19)15-10(5-8-20-3)12(17)16(2)9-11-13-6-7-14-11/h6-7,10,15H,4-5,8-9H2,1-3H3,(H,13,14). The quantitative estimate of drug-likeness (QED) is 0.683. The van der Waals surface area contributed by atoms with E-state index in [2.05, 4.69) is 14.7 Å². The van der Waals surface area contributed by atoms with Crippen molar-refractivity contribution >= 4 is 27.7 Å². The van der Waals surface area contributed by atoms with Gasteiger partial charge in [-0.05, 0) is 25.4 Å². The second-order valence-electron chi connectivity index (χ2n) is 4.59. The topological polar surface area (TPSA) is 95.2 Å². The molecule has 1 heterocycles. The number of imidazole rings is 1. The normalized spacial score (nSPS) is 13.1. The number of carbonyl (C=O) groups excluding carboxylic acids is 1. The highest BCUT2D eigenvalue weighted by atomic mass is 32.2. The highest BCUT2D eigenvalue weighted by Gasteiger charge is 2.26. The monoisotopic (exact) mass is 334 g/mol. The highest BCUT2D eigenvalue weighted by molar-refractivity contribution is 7.98. The van der Waals surface area contributed by atoms with Gasteiger partial charge in [-0.3, -0.25) is 4.79 Å². The summed E-state index contributed by atoms with van der Waals surface area (Å²) in [5.74, 6) is 1.07. The van der Waals surface area contributed by atoms with E-state index in [1.54, 1.807) is 38.1 Å². The number of hydrogen-bond donors (Lipinski definition) is 2. The third-order valence-electron chi connectivity index (χ3n) is 2.93. The lowest BCUT2D eigenvalue weighted by atomic mass is 10.2. The number of aromatic amines is 1. The van der Waals surface area contributed by atoms with Crippen LogP contribution in [0.3, 0.4) is 0 Å². The lowest BCUT2D eigenvalue weighted by Gasteiger charge is -2.23. The highest BCUT2D eigenvalue weighted by Crippen LogP contribution is 2.07. The van der Waals surface area contributed by atoms with E-state index in [0.29, 0.717) is 24.5 Å². The molecule has 1 unspecified atom stereocenters. The minimum Gasteiger partial charge on any atom is -0.347 e. The van der Waals surface area contributed by atoms with Crippen molar-refractivity contribution in [3.63, 3.8) is 0 Å². The molecule has 0 bridgehead atoms. The fourth-order valence-corrected chi connectivity index (χ4v) is 3.01. The first kappa shape index (κ1) is 18.0. The molecule has 120 valence electrons. The van der Waals surface area contributed by atoms with Crippen molar-refractivity contribution in [2.75, 3.05) is 24.8 Å². The van der Waals surface area contributed by atoms with E-state index < -0.39 is 16.1 Å². The van der Waals surface area contributed by atoms with Crippen LogP contribution in [0.1, 0.15) is 19.2 Å². The van der Waals surface area contributed by atoms with Crippen LogP contribution in [0.4, 0.5) is 0 Å². The van der Waals surface area contributed by atoms with Crippen molar-refractivity contribution in [2.45, 2.75) is 25.9 Å². The zero-order valence-electron chi connectivity index (χ0n) is 12.5. The van der Waals surface area contributed by atoms with Gasteiger partial charge < -0.3 is 9.88 Å². The van der Waals surface area contributed by atoms with Gasteiger partial charge in [0.1, 0.15) is 11.9 Å². The zero-order chi connectivity index (χ0) is 15.9. The van der Waals surface area contributed by atoms with Gasteiger partial charge in [0.2, 0.25) is 15.9 Å². The van der Waals surface area contributed by atoms with Crippen LogP contribution in [0, 0.1) is 0 Å². The summed E-state index contributed by atoms with van der Waals surface area (Å²) in [4.78, 5) is 20.9. The van der Waals surface area contributed by atoms with E-state index in [9.17, 15) is 13.2 Å². The Morgan fingerprint density at radius 1 is 1.57 bits per heavy atom. The molecule has 0 fully saturated rings. The first-order chi connectivity index (χ1) is 9.89. The third kappa shape index (κ3) is 6.06. The molecule has 1 amide bonds. The van der Waals surface area contributed by atoms with Crippen molar-refractivity contribution in [1.82, 2.24) is 19.6 Å². The number of nitrogens with one attached hydrogen (secondary N) is 2. The Hall–Kier alpha value is -1.06. The van der Waals surface area contributed by atoms with Crippen molar-refractivity contribution < 1.29 is 13.2 Å². The largest absolute Gasteiger partial charge is 0.347 e. The van der Waals surface area contributed by atoms with Crippen molar-refractivity contribution in [3.8, 4) is 0 Å². The molecule has 0 spiro atoms. The van der Waals surface area contributed by atoms with Gasteiger partial charge in [-0.25, -0.2) is 18.1 Å². The molecular weight excluding hydrogens is 312 g/mol. The number of likely N-dealkylation sites (N-methyl/N-ethyl adjacent to an activating group) is 1. The molecule has 9 heteroatoms. The second kappa shape index (κ2) is 8.40. The van der Waals surface area contributed by atoms with E-state index in [1.807, 2.05) is 6.26 Å². The van der Waals surface area contributed by atoms with Crippen LogP contribution in [-0.2, 0) is 21.4 Å². The summed E-state index contributed by atoms with van der Waals surface area (Å²) < 4.78 is 25.9. The Kier molecular flexibility index (Phi) is 7.20. The molecular formula is C12H22N4O3S2. The number of sulfonamides is 1. The zero-order valence-corrected chi connectivity index (χ0v) is 14.1. The molecule has 1 aromatic heterocycles. The van der Waals surface area contributed by atoms with E-state index in [4.69, 9.17) is 0 Å². The Bertz CT molecular complexity index is 531. The Balaban J connectivity index is 2.73. The predicted octanol–water partition coefficient (Wildman–Crippen LogP) is 0.429. The van der Waals surface area contributed by atoms with E-state index in [-0.39, 0.29) is 11.7 Å². The molecule has 2 N–H and O–H groups in total. The van der Waals surface area contributed by atoms with Crippen LogP contribution < -0.4 is 4.72 Å². The maximum absolute atomic E-state index is 12.4. The molecule has 0 radical (unpaired) electrons. The predicted molar refractivity (Wildman–Crippen MR) is 84.4 cm³/mol. The van der Waals surface area contributed by atoms with Gasteiger partial charge in [-0.1, -0.05) is 0 Å². The Morgan fingerprint density at radius 2 is 2.29 bits per heavy atom. The Labute approximate surface area is 129 Å². The third-order valence-corrected chi connectivity index (χ3v) is 4.98. The van der Waals surface area contributed by atoms with Crippen LogP contribution in [0.25, 0.3) is 0 Å². The molecule has 0 saturated carbocycles. The minimum atomic E-state index is -3.42. The smallest absolute Gasteiger partial charge is 0.240 e. The van der Waals surface area contributed by atoms with E-state index >= 15 is 0 Å². The fourth-order valence-electron chi connectivity index (χ4n) is 1.72. The molecule has 0 aliphatic carbocycles. The number of H-pyrrole nitrogens is 1. The molecule has 1 aromatic rings. The number of aromatic nitrogens is 2. The van der Waals surface area contributed by atoms with Crippen molar-refractivity contribution in [1.29, 1.82) is 0 Å². The van der Waals surface area contributed by atoms with Gasteiger partial charge >= 0.3 is 0 Å². The summed E-state index contributed by atoms with van der Waals surface area (Å²) in [7, 11) is -1.78. The second-order valence-corrected chi connectivity index (χ2v) is 7.61. The molecule has 21 heavy (non-hydrogen) atoms. The number of amides is 1. The summed E-state index contributed by atoms with van der Waals surface area (Å²) in [5, 5.41) is 0. The maximum atomic E-state index is 12.4. The fraction of sp³-hybridized carbons (Fsp3) is 0.667. The van der Waals surface area contributed by atoms with Crippen LogP contribution in [0.5, 0.6) is 0 Å². The summed E-state index contributed by atoms with van der Waals surface area (Å²) in [5.41, 5.74) is 0. The lowest BCUT2D eigenvalue weighted by Crippen LogP contribution is -2.47. The molecule has 0 aliphatic rings. The molecule has 7 nitrogen and oxygen atoms in total. The molecule has 0 aliphatic heterocycles. The van der Waals surface area contributed by atoms with Crippen LogP contribution in [0.2, 0.25) is 0 Å². The SMILES string of the molecule is CCS(=O)(=O)NC(CCSC)C(=O)N(C)Cc1ncc[nH]1. The summed E-state index contributed by atoms with van der Waals surface area (Å²) in [6.45, 7) is 1.86. The number of nitrogens with zero attached hydrogens (tertiary/aromatic N) is 2. The average Bonchev–Trinajstić information content (AvgIpc) is 2.95. The molecule has 0 saturated heterocycles. The van der Waals surface area contributed by atoms with Gasteiger partial charge in [0.25, 0.3) is 0 Å². The van der Waals surface area contributed by atoms with Crippen molar-refractivity contribution in [3.05, 3.63) is 18.2 Å². The van der Waals surface area contributed by atoms with Gasteiger partial charge in [-0.15, -0.1) is 0 Å². The van der Waals surface area contributed by atoms with Gasteiger partial charge in [0.15, 0.2) is 0 Å². The minimum absolute atomic E-state index is 0.0437. The van der Waals surface area contributed by atoms with Crippen LogP contribution in [0.15, 0.2) is 12.4 Å². The van der Waals surface area contributed by atoms with E-state index in [1.165, 1.54) is 4.90 Å². The maximum Gasteiger partial charge on any atom is 0.240 e. The van der Waals surface area contributed by atoms with Gasteiger partial charge in [0.05, 0.1) is 12.3 Å². The average molecular weight is 334 g/mol. The summed E-state index contributed by atoms with van der Waals surface area (Å²) >= 11 is 1.57. The number of hydrogen-bond acceptors (Lipinski definition) is 5. The number of thioether (sulfide) groups is 1. The van der Waals surface area contributed by atoms with Crippen molar-refractivity contribution in [2.24, 2.45) is 0 Å². The van der Waals surface area contributed by atoms with E-state index in [0.717, 1.165) is 0 Å². The van der Waals surface area contributed by atoms with Crippen LogP contribution in [-0.4, -0.2) is 60.0 Å². The van der Waals surface area contributed by atoms with Crippen LogP contribution >= 0.6 is 11.8 Å². The van der Waals surface area contributed by atoms with Gasteiger partial charge in [0, 0.05) is 19.4 Å². The molecule has 1 rings (SSSR count). The lowest BCUT2D eigenvalue weighted by molar-refractivity contribution is -0.132. The number of carbonyl (C=O) groups is 1. The first-order valence-corrected chi connectivity index (χ1v) is 9.66. The molecule has 0 aromatic carbocycles.